The van der Waals surface area contributed by atoms with E-state index in [1.54, 1.807) is 29.5 Å². The molecule has 0 bridgehead atoms. The first-order valence-electron chi connectivity index (χ1n) is 11.7. The summed E-state index contributed by atoms with van der Waals surface area (Å²) in [6.45, 7) is 2.65. The van der Waals surface area contributed by atoms with Crippen molar-refractivity contribution in [1.29, 1.82) is 0 Å². The fraction of sp³-hybridized carbons (Fsp3) is 0.286. The summed E-state index contributed by atoms with van der Waals surface area (Å²) in [7, 11) is 0. The number of hydrogen-bond donors (Lipinski definition) is 2. The summed E-state index contributed by atoms with van der Waals surface area (Å²) < 4.78 is 0. The molecule has 1 amide bonds. The number of aryl methyl sites for hydroxylation is 2. The predicted octanol–water partition coefficient (Wildman–Crippen LogP) is 6.29. The molecule has 1 fully saturated rings. The van der Waals surface area contributed by atoms with Crippen LogP contribution >= 0.6 is 22.9 Å². The Kier molecular flexibility index (Phi) is 8.06. The minimum atomic E-state index is -0.935. The molecule has 1 saturated heterocycles. The Labute approximate surface area is 214 Å². The summed E-state index contributed by atoms with van der Waals surface area (Å²) in [6.07, 6.45) is 5.82. The normalized spacial score (nSPS) is 16.8. The molecule has 5 nitrogen and oxygen atoms in total. The average molecular weight is 510 g/mol. The molecule has 1 aliphatic heterocycles. The topological polar surface area (TPSA) is 77.8 Å². The van der Waals surface area contributed by atoms with E-state index in [0.717, 1.165) is 45.7 Å². The number of aliphatic hydroxyl groups is 1. The maximum atomic E-state index is 12.4. The van der Waals surface area contributed by atoms with Gasteiger partial charge in [0.2, 0.25) is 5.91 Å². The molecule has 4 rings (SSSR count). The number of aliphatic hydroxyl groups excluding tert-OH is 1. The van der Waals surface area contributed by atoms with Crippen LogP contribution in [0.25, 0.3) is 10.4 Å². The zero-order valence-electron chi connectivity index (χ0n) is 19.5. The van der Waals surface area contributed by atoms with Gasteiger partial charge in [0.1, 0.15) is 6.10 Å². The van der Waals surface area contributed by atoms with Gasteiger partial charge in [-0.2, -0.15) is 0 Å². The summed E-state index contributed by atoms with van der Waals surface area (Å²) >= 11 is 7.62. The summed E-state index contributed by atoms with van der Waals surface area (Å²) in [5.41, 5.74) is 3.52. The van der Waals surface area contributed by atoms with Crippen molar-refractivity contribution in [2.45, 2.75) is 44.8 Å². The summed E-state index contributed by atoms with van der Waals surface area (Å²) in [5, 5.41) is 20.5. The van der Waals surface area contributed by atoms with Crippen LogP contribution in [0.2, 0.25) is 5.02 Å². The first kappa shape index (κ1) is 25.2. The molecule has 35 heavy (non-hydrogen) atoms. The Hall–Kier alpha value is -2.93. The fourth-order valence-corrected chi connectivity index (χ4v) is 5.69. The highest BCUT2D eigenvalue weighted by atomic mass is 35.5. The maximum Gasteiger partial charge on any atom is 0.335 e. The van der Waals surface area contributed by atoms with Gasteiger partial charge in [-0.1, -0.05) is 42.0 Å². The number of aromatic carboxylic acids is 1. The molecule has 0 radical (unpaired) electrons. The van der Waals surface area contributed by atoms with Crippen molar-refractivity contribution in [2.24, 2.45) is 0 Å². The number of carbonyl (C=O) groups is 2. The molecule has 0 saturated carbocycles. The Morgan fingerprint density at radius 2 is 1.97 bits per heavy atom. The Bertz CT molecular complexity index is 1230. The number of carboxylic acids is 1. The third-order valence-corrected chi connectivity index (χ3v) is 7.75. The van der Waals surface area contributed by atoms with Crippen molar-refractivity contribution in [3.63, 3.8) is 0 Å². The van der Waals surface area contributed by atoms with Crippen molar-refractivity contribution in [3.05, 3.63) is 93.3 Å². The lowest BCUT2D eigenvalue weighted by molar-refractivity contribution is -0.128. The molecule has 1 aromatic heterocycles. The van der Waals surface area contributed by atoms with Gasteiger partial charge in [-0.05, 0) is 79.3 Å². The monoisotopic (exact) mass is 509 g/mol. The number of thiophene rings is 1. The highest BCUT2D eigenvalue weighted by molar-refractivity contribution is 7.15. The number of nitrogens with zero attached hydrogens (tertiary/aromatic N) is 1. The van der Waals surface area contributed by atoms with Gasteiger partial charge >= 0.3 is 5.97 Å². The largest absolute Gasteiger partial charge is 0.478 e. The highest BCUT2D eigenvalue weighted by Gasteiger charge is 2.28. The van der Waals surface area contributed by atoms with Gasteiger partial charge in [-0.15, -0.1) is 11.3 Å². The predicted molar refractivity (Wildman–Crippen MR) is 140 cm³/mol. The van der Waals surface area contributed by atoms with E-state index in [4.69, 9.17) is 16.7 Å². The molecule has 2 aromatic carbocycles. The van der Waals surface area contributed by atoms with E-state index in [9.17, 15) is 14.7 Å². The van der Waals surface area contributed by atoms with Crippen LogP contribution in [0.5, 0.6) is 0 Å². The number of hydrogen-bond acceptors (Lipinski definition) is 4. The van der Waals surface area contributed by atoms with Gasteiger partial charge in [-0.3, -0.25) is 4.79 Å². The van der Waals surface area contributed by atoms with E-state index in [1.807, 2.05) is 60.4 Å². The Morgan fingerprint density at radius 3 is 2.69 bits per heavy atom. The van der Waals surface area contributed by atoms with Gasteiger partial charge in [-0.25, -0.2) is 4.79 Å². The van der Waals surface area contributed by atoms with Crippen LogP contribution in [0.1, 0.15) is 51.7 Å². The second-order valence-electron chi connectivity index (χ2n) is 8.79. The molecular weight excluding hydrogens is 482 g/mol. The van der Waals surface area contributed by atoms with Gasteiger partial charge in [0.05, 0.1) is 11.6 Å². The number of carboxylic acid groups (broad SMARTS) is 1. The number of halogens is 1. The first-order chi connectivity index (χ1) is 16.8. The zero-order chi connectivity index (χ0) is 24.9. The van der Waals surface area contributed by atoms with Crippen molar-refractivity contribution in [2.75, 3.05) is 6.54 Å². The van der Waals surface area contributed by atoms with E-state index in [1.165, 1.54) is 0 Å². The van der Waals surface area contributed by atoms with Crippen LogP contribution in [-0.4, -0.2) is 39.6 Å². The summed E-state index contributed by atoms with van der Waals surface area (Å²) in [6, 6.07) is 16.6. The van der Waals surface area contributed by atoms with E-state index < -0.39 is 12.1 Å². The standard InChI is InChI=1S/C28H28ClNO4S/c1-18-17-21(29)8-11-23(18)25-13-14-26(35-25)24(31)12-9-22-10-15-27(32)30(22)16-2-3-19-4-6-20(7-5-19)28(33)34/h4-9,11-14,17,22,24,31H,2-3,10,15-16H2,1H3,(H,33,34)/b12-9+. The maximum absolute atomic E-state index is 12.4. The third-order valence-electron chi connectivity index (χ3n) is 6.33. The summed E-state index contributed by atoms with van der Waals surface area (Å²) in [5.74, 6) is -0.804. The van der Waals surface area contributed by atoms with Crippen molar-refractivity contribution in [1.82, 2.24) is 4.90 Å². The number of benzene rings is 2. The van der Waals surface area contributed by atoms with Crippen molar-refractivity contribution >= 4 is 34.8 Å². The first-order valence-corrected chi connectivity index (χ1v) is 12.9. The minimum Gasteiger partial charge on any atom is -0.478 e. The van der Waals surface area contributed by atoms with Crippen LogP contribution in [0.15, 0.2) is 66.7 Å². The lowest BCUT2D eigenvalue weighted by atomic mass is 10.1. The van der Waals surface area contributed by atoms with E-state index in [2.05, 4.69) is 0 Å². The Morgan fingerprint density at radius 1 is 1.20 bits per heavy atom. The molecule has 1 aliphatic rings. The SMILES string of the molecule is Cc1cc(Cl)ccc1-c1ccc(C(O)/C=C/C2CCC(=O)N2CCCc2ccc(C(=O)O)cc2)s1. The Balaban J connectivity index is 1.34. The van der Waals surface area contributed by atoms with Gasteiger partial charge in [0.25, 0.3) is 0 Å². The third kappa shape index (κ3) is 6.20. The minimum absolute atomic E-state index is 0.0236. The number of carbonyl (C=O) groups excluding carboxylic acids is 1. The van der Waals surface area contributed by atoms with E-state index in [-0.39, 0.29) is 17.5 Å². The number of likely N-dealkylation sites (tertiary alicyclic amines) is 1. The second kappa shape index (κ2) is 11.2. The van der Waals surface area contributed by atoms with E-state index in [0.29, 0.717) is 18.0 Å². The smallest absolute Gasteiger partial charge is 0.335 e. The zero-order valence-corrected chi connectivity index (χ0v) is 21.1. The molecule has 7 heteroatoms. The molecule has 0 aliphatic carbocycles. The van der Waals surface area contributed by atoms with Crippen LogP contribution < -0.4 is 0 Å². The molecule has 3 aromatic rings. The molecular formula is C28H28ClNO4S. The molecule has 2 heterocycles. The van der Waals surface area contributed by atoms with Gasteiger partial charge in [0.15, 0.2) is 0 Å². The van der Waals surface area contributed by atoms with Crippen LogP contribution in [-0.2, 0) is 11.2 Å². The van der Waals surface area contributed by atoms with Crippen LogP contribution in [0.3, 0.4) is 0 Å². The van der Waals surface area contributed by atoms with Crippen LogP contribution in [0, 0.1) is 6.92 Å². The van der Waals surface area contributed by atoms with Crippen molar-refractivity contribution in [3.8, 4) is 10.4 Å². The van der Waals surface area contributed by atoms with Gasteiger partial charge < -0.3 is 15.1 Å². The average Bonchev–Trinajstić information content (AvgIpc) is 3.45. The molecule has 2 N–H and O–H groups in total. The lowest BCUT2D eigenvalue weighted by Crippen LogP contribution is -2.33. The fourth-order valence-electron chi connectivity index (χ4n) is 4.40. The molecule has 0 spiro atoms. The quantitative estimate of drug-likeness (QED) is 0.332. The van der Waals surface area contributed by atoms with Crippen molar-refractivity contribution < 1.29 is 19.8 Å². The molecule has 2 atom stereocenters. The highest BCUT2D eigenvalue weighted by Crippen LogP contribution is 2.35. The van der Waals surface area contributed by atoms with Crippen LogP contribution in [0.4, 0.5) is 0 Å². The number of amides is 1. The molecule has 2 unspecified atom stereocenters. The second-order valence-corrected chi connectivity index (χ2v) is 10.3. The van der Waals surface area contributed by atoms with E-state index >= 15 is 0 Å². The summed E-state index contributed by atoms with van der Waals surface area (Å²) in [4.78, 5) is 27.2. The molecule has 182 valence electrons. The lowest BCUT2D eigenvalue weighted by Gasteiger charge is -2.22. The number of rotatable bonds is 9. The van der Waals surface area contributed by atoms with Gasteiger partial charge in [0, 0.05) is 27.7 Å².